The van der Waals surface area contributed by atoms with Crippen LogP contribution in [0.4, 0.5) is 0 Å². The fourth-order valence-corrected chi connectivity index (χ4v) is 1.99. The second-order valence-electron chi connectivity index (χ2n) is 3.98. The van der Waals surface area contributed by atoms with Crippen molar-refractivity contribution in [2.45, 2.75) is 25.7 Å². The smallest absolute Gasteiger partial charge is 0.0431 e. The van der Waals surface area contributed by atoms with Gasteiger partial charge < -0.3 is 15.7 Å². The Bertz CT molecular complexity index is 130. The Balaban J connectivity index is 2.11. The molecule has 0 radical (unpaired) electrons. The molecule has 1 unspecified atom stereocenters. The maximum Gasteiger partial charge on any atom is 0.0431 e. The van der Waals surface area contributed by atoms with Crippen LogP contribution in [0.25, 0.3) is 0 Å². The highest BCUT2D eigenvalue weighted by molar-refractivity contribution is 4.73. The molecule has 1 rings (SSSR count). The van der Waals surface area contributed by atoms with Crippen molar-refractivity contribution >= 4 is 0 Å². The number of piperidine rings is 1. The van der Waals surface area contributed by atoms with Gasteiger partial charge in [0.25, 0.3) is 0 Å². The molecule has 1 saturated heterocycles. The summed E-state index contributed by atoms with van der Waals surface area (Å²) >= 11 is 0. The average molecular weight is 186 g/mol. The lowest BCUT2D eigenvalue weighted by Crippen LogP contribution is -2.38. The van der Waals surface area contributed by atoms with Gasteiger partial charge in [0.1, 0.15) is 0 Å². The van der Waals surface area contributed by atoms with Crippen molar-refractivity contribution in [3.05, 3.63) is 0 Å². The molecule has 0 spiro atoms. The highest BCUT2D eigenvalue weighted by Crippen LogP contribution is 2.15. The topological polar surface area (TPSA) is 49.5 Å². The van der Waals surface area contributed by atoms with E-state index in [-0.39, 0.29) is 0 Å². The Morgan fingerprint density at radius 3 is 2.92 bits per heavy atom. The van der Waals surface area contributed by atoms with E-state index >= 15 is 0 Å². The van der Waals surface area contributed by atoms with Gasteiger partial charge in [0.05, 0.1) is 0 Å². The fourth-order valence-electron chi connectivity index (χ4n) is 1.99. The molecular formula is C10H22N2O. The second kappa shape index (κ2) is 6.35. The van der Waals surface area contributed by atoms with Crippen LogP contribution < -0.4 is 5.73 Å². The van der Waals surface area contributed by atoms with Gasteiger partial charge in [-0.05, 0) is 51.2 Å². The Morgan fingerprint density at radius 2 is 2.23 bits per heavy atom. The third-order valence-electron chi connectivity index (χ3n) is 2.82. The zero-order valence-electron chi connectivity index (χ0n) is 8.41. The lowest BCUT2D eigenvalue weighted by molar-refractivity contribution is 0.170. The summed E-state index contributed by atoms with van der Waals surface area (Å²) in [6.07, 6.45) is 4.64. The van der Waals surface area contributed by atoms with Gasteiger partial charge in [-0.15, -0.1) is 0 Å². The first-order valence-electron chi connectivity index (χ1n) is 5.40. The van der Waals surface area contributed by atoms with Crippen LogP contribution in [0.1, 0.15) is 25.7 Å². The number of rotatable bonds is 5. The minimum atomic E-state index is 0.328. The first kappa shape index (κ1) is 11.0. The highest BCUT2D eigenvalue weighted by atomic mass is 16.2. The van der Waals surface area contributed by atoms with Crippen molar-refractivity contribution in [2.75, 3.05) is 32.8 Å². The molecule has 0 bridgehead atoms. The van der Waals surface area contributed by atoms with Crippen LogP contribution in [-0.2, 0) is 0 Å². The fraction of sp³-hybridized carbons (Fsp3) is 1.00. The van der Waals surface area contributed by atoms with E-state index in [9.17, 15) is 0 Å². The number of aliphatic hydroxyl groups excluding tert-OH is 1. The van der Waals surface area contributed by atoms with Crippen LogP contribution in [0, 0.1) is 5.92 Å². The molecule has 1 atom stereocenters. The second-order valence-corrected chi connectivity index (χ2v) is 3.98. The summed E-state index contributed by atoms with van der Waals surface area (Å²) in [5.74, 6) is 0.711. The summed E-state index contributed by atoms with van der Waals surface area (Å²) in [4.78, 5) is 2.48. The van der Waals surface area contributed by atoms with Crippen LogP contribution >= 0.6 is 0 Å². The van der Waals surface area contributed by atoms with E-state index in [4.69, 9.17) is 10.8 Å². The predicted molar refractivity (Wildman–Crippen MR) is 54.5 cm³/mol. The van der Waals surface area contributed by atoms with Crippen LogP contribution in [0.5, 0.6) is 0 Å². The summed E-state index contributed by atoms with van der Waals surface area (Å²) < 4.78 is 0. The number of likely N-dealkylation sites (tertiary alicyclic amines) is 1. The van der Waals surface area contributed by atoms with Gasteiger partial charge in [0.2, 0.25) is 0 Å². The van der Waals surface area contributed by atoms with E-state index in [1.54, 1.807) is 0 Å². The van der Waals surface area contributed by atoms with E-state index in [0.29, 0.717) is 12.5 Å². The van der Waals surface area contributed by atoms with Gasteiger partial charge in [0.15, 0.2) is 0 Å². The lowest BCUT2D eigenvalue weighted by atomic mass is 9.98. The van der Waals surface area contributed by atoms with Crippen LogP contribution in [0.2, 0.25) is 0 Å². The summed E-state index contributed by atoms with van der Waals surface area (Å²) in [6, 6.07) is 0. The molecular weight excluding hydrogens is 164 g/mol. The van der Waals surface area contributed by atoms with Crippen molar-refractivity contribution < 1.29 is 5.11 Å². The number of nitrogens with two attached hydrogens (primary N) is 1. The zero-order chi connectivity index (χ0) is 9.52. The maximum atomic E-state index is 8.66. The summed E-state index contributed by atoms with van der Waals surface area (Å²) in [5.41, 5.74) is 5.65. The van der Waals surface area contributed by atoms with Crippen molar-refractivity contribution in [3.63, 3.8) is 0 Å². The average Bonchev–Trinajstić information content (AvgIpc) is 2.19. The van der Waals surface area contributed by atoms with Gasteiger partial charge in [0, 0.05) is 13.2 Å². The van der Waals surface area contributed by atoms with Crippen LogP contribution in [0.15, 0.2) is 0 Å². The van der Waals surface area contributed by atoms with Crippen LogP contribution in [0.3, 0.4) is 0 Å². The first-order chi connectivity index (χ1) is 6.36. The van der Waals surface area contributed by atoms with E-state index in [1.165, 1.54) is 25.9 Å². The molecule has 0 saturated carbocycles. The summed E-state index contributed by atoms with van der Waals surface area (Å²) in [7, 11) is 0. The molecule has 0 aromatic carbocycles. The summed E-state index contributed by atoms with van der Waals surface area (Å²) in [6.45, 7) is 4.69. The molecule has 1 aliphatic rings. The molecule has 1 fully saturated rings. The predicted octanol–water partition coefficient (Wildman–Crippen LogP) is 0.430. The Hall–Kier alpha value is -0.120. The van der Waals surface area contributed by atoms with Crippen molar-refractivity contribution in [1.82, 2.24) is 4.90 Å². The number of nitrogens with zero attached hydrogens (tertiary/aromatic N) is 1. The highest BCUT2D eigenvalue weighted by Gasteiger charge is 2.17. The van der Waals surface area contributed by atoms with E-state index in [1.807, 2.05) is 0 Å². The molecule has 13 heavy (non-hydrogen) atoms. The monoisotopic (exact) mass is 186 g/mol. The number of hydrogen-bond donors (Lipinski definition) is 2. The zero-order valence-corrected chi connectivity index (χ0v) is 8.41. The molecule has 1 heterocycles. The quantitative estimate of drug-likeness (QED) is 0.612. The maximum absolute atomic E-state index is 8.66. The minimum Gasteiger partial charge on any atom is -0.396 e. The third-order valence-corrected chi connectivity index (χ3v) is 2.82. The minimum absolute atomic E-state index is 0.328. The van der Waals surface area contributed by atoms with E-state index < -0.39 is 0 Å². The number of unbranched alkanes of at least 4 members (excludes halogenated alkanes) is 1. The Kier molecular flexibility index (Phi) is 5.35. The molecule has 78 valence electrons. The number of aliphatic hydroxyl groups is 1. The van der Waals surface area contributed by atoms with Crippen molar-refractivity contribution in [3.8, 4) is 0 Å². The number of hydrogen-bond acceptors (Lipinski definition) is 3. The molecule has 0 aliphatic carbocycles. The molecule has 1 aliphatic heterocycles. The molecule has 0 aromatic heterocycles. The Morgan fingerprint density at radius 1 is 1.38 bits per heavy atom. The third kappa shape index (κ3) is 4.07. The van der Waals surface area contributed by atoms with Gasteiger partial charge in [-0.3, -0.25) is 0 Å². The van der Waals surface area contributed by atoms with E-state index in [0.717, 1.165) is 25.9 Å². The summed E-state index contributed by atoms with van der Waals surface area (Å²) in [5, 5.41) is 8.66. The van der Waals surface area contributed by atoms with Gasteiger partial charge in [-0.2, -0.15) is 0 Å². The van der Waals surface area contributed by atoms with E-state index in [2.05, 4.69) is 4.90 Å². The standard InChI is InChI=1S/C10H22N2O/c11-8-10-4-3-6-12(9-10)5-1-2-7-13/h10,13H,1-9,11H2. The van der Waals surface area contributed by atoms with Crippen molar-refractivity contribution in [2.24, 2.45) is 11.7 Å². The Labute approximate surface area is 80.9 Å². The molecule has 3 nitrogen and oxygen atoms in total. The van der Waals surface area contributed by atoms with Gasteiger partial charge in [-0.25, -0.2) is 0 Å². The van der Waals surface area contributed by atoms with Gasteiger partial charge in [-0.1, -0.05) is 0 Å². The normalized spacial score (nSPS) is 24.9. The van der Waals surface area contributed by atoms with Gasteiger partial charge >= 0.3 is 0 Å². The molecule has 3 heteroatoms. The molecule has 0 aromatic rings. The SMILES string of the molecule is NCC1CCCN(CCCCO)C1. The first-order valence-corrected chi connectivity index (χ1v) is 5.40. The lowest BCUT2D eigenvalue weighted by Gasteiger charge is -2.31. The molecule has 3 N–H and O–H groups in total. The molecule has 0 amide bonds. The largest absolute Gasteiger partial charge is 0.396 e. The van der Waals surface area contributed by atoms with Crippen LogP contribution in [-0.4, -0.2) is 42.8 Å². The van der Waals surface area contributed by atoms with Crippen molar-refractivity contribution in [1.29, 1.82) is 0 Å².